The number of thiazole rings is 1. The Morgan fingerprint density at radius 3 is 2.60 bits per heavy atom. The molecule has 1 amide bonds. The number of fused-ring (bicyclic) bond motifs is 1. The predicted octanol–water partition coefficient (Wildman–Crippen LogP) is 6.98. The third-order valence-electron chi connectivity index (χ3n) is 7.18. The number of ketones is 1. The van der Waals surface area contributed by atoms with Crippen molar-refractivity contribution in [1.82, 2.24) is 9.97 Å². The lowest BCUT2D eigenvalue weighted by Crippen LogP contribution is -2.42. The Balaban J connectivity index is 1.57. The number of nitrogens with one attached hydrogen (secondary N) is 1. The van der Waals surface area contributed by atoms with Crippen molar-refractivity contribution < 1.29 is 32.2 Å². The van der Waals surface area contributed by atoms with Gasteiger partial charge in [-0.2, -0.15) is 0 Å². The minimum atomic E-state index is -4.90. The van der Waals surface area contributed by atoms with Crippen LogP contribution in [0.15, 0.2) is 48.0 Å². The number of amides is 1. The SMILES string of the molecule is COc1ccc2[nH]c(C)c(CC(=O)N(c3nccs3)C3CCCCC3)c2c1C(=O)c1cccc(OC(F)(F)F)c1. The number of aryl methyl sites for hydroxylation is 1. The van der Waals surface area contributed by atoms with E-state index in [0.717, 1.165) is 44.2 Å². The summed E-state index contributed by atoms with van der Waals surface area (Å²) in [4.78, 5) is 37.2. The molecular formula is C29H28F3N3O4S. The van der Waals surface area contributed by atoms with Crippen molar-refractivity contribution in [3.8, 4) is 11.5 Å². The minimum absolute atomic E-state index is 0.00435. The molecule has 2 aromatic carbocycles. The second-order valence-corrected chi connectivity index (χ2v) is 10.6. The van der Waals surface area contributed by atoms with Crippen molar-refractivity contribution in [2.75, 3.05) is 12.0 Å². The Morgan fingerprint density at radius 1 is 1.15 bits per heavy atom. The summed E-state index contributed by atoms with van der Waals surface area (Å²) in [5.74, 6) is -0.937. The van der Waals surface area contributed by atoms with Gasteiger partial charge < -0.3 is 14.5 Å². The molecule has 1 aliphatic carbocycles. The highest BCUT2D eigenvalue weighted by Crippen LogP contribution is 2.36. The predicted molar refractivity (Wildman–Crippen MR) is 146 cm³/mol. The molecule has 0 atom stereocenters. The van der Waals surface area contributed by atoms with Gasteiger partial charge in [0.1, 0.15) is 11.5 Å². The fourth-order valence-electron chi connectivity index (χ4n) is 5.44. The normalized spacial score (nSPS) is 14.3. The summed E-state index contributed by atoms with van der Waals surface area (Å²) in [7, 11) is 1.42. The summed E-state index contributed by atoms with van der Waals surface area (Å²) in [6.45, 7) is 1.83. The number of carbonyl (C=O) groups is 2. The molecule has 2 aromatic heterocycles. The first-order valence-electron chi connectivity index (χ1n) is 13.0. The number of H-pyrrole nitrogens is 1. The van der Waals surface area contributed by atoms with Crippen LogP contribution in [0.3, 0.4) is 0 Å². The van der Waals surface area contributed by atoms with E-state index in [1.807, 2.05) is 12.3 Å². The van der Waals surface area contributed by atoms with Gasteiger partial charge in [-0.1, -0.05) is 31.4 Å². The van der Waals surface area contributed by atoms with Crippen molar-refractivity contribution in [3.05, 3.63) is 70.4 Å². The summed E-state index contributed by atoms with van der Waals surface area (Å²) in [6.07, 6.45) is 1.80. The molecular weight excluding hydrogens is 543 g/mol. The molecule has 2 heterocycles. The smallest absolute Gasteiger partial charge is 0.496 e. The number of anilines is 1. The number of hydrogen-bond donors (Lipinski definition) is 1. The number of halogens is 3. The fourth-order valence-corrected chi connectivity index (χ4v) is 6.17. The first-order valence-corrected chi connectivity index (χ1v) is 13.8. The van der Waals surface area contributed by atoms with E-state index in [9.17, 15) is 22.8 Å². The Morgan fingerprint density at radius 2 is 1.93 bits per heavy atom. The van der Waals surface area contributed by atoms with Crippen LogP contribution in [0.5, 0.6) is 11.5 Å². The van der Waals surface area contributed by atoms with E-state index in [0.29, 0.717) is 27.3 Å². The number of hydrogen-bond acceptors (Lipinski definition) is 6. The molecule has 1 N–H and O–H groups in total. The second-order valence-electron chi connectivity index (χ2n) is 9.75. The highest BCUT2D eigenvalue weighted by Gasteiger charge is 2.33. The molecule has 4 aromatic rings. The van der Waals surface area contributed by atoms with Crippen molar-refractivity contribution in [2.45, 2.75) is 57.9 Å². The van der Waals surface area contributed by atoms with Gasteiger partial charge in [-0.25, -0.2) is 4.98 Å². The Labute approximate surface area is 232 Å². The minimum Gasteiger partial charge on any atom is -0.496 e. The maximum absolute atomic E-state index is 13.9. The second kappa shape index (κ2) is 11.3. The highest BCUT2D eigenvalue weighted by atomic mass is 32.1. The average Bonchev–Trinajstić information content (AvgIpc) is 3.56. The van der Waals surface area contributed by atoms with Crippen molar-refractivity contribution in [1.29, 1.82) is 0 Å². The third kappa shape index (κ3) is 5.70. The van der Waals surface area contributed by atoms with Gasteiger partial charge in [-0.05, 0) is 49.6 Å². The number of benzene rings is 2. The molecule has 7 nitrogen and oxygen atoms in total. The lowest BCUT2D eigenvalue weighted by molar-refractivity contribution is -0.274. The van der Waals surface area contributed by atoms with E-state index in [-0.39, 0.29) is 35.2 Å². The summed E-state index contributed by atoms with van der Waals surface area (Å²) in [5.41, 5.74) is 2.11. The summed E-state index contributed by atoms with van der Waals surface area (Å²) >= 11 is 1.41. The number of alkyl halides is 3. The Bertz CT molecular complexity index is 1530. The van der Waals surface area contributed by atoms with E-state index in [1.54, 1.807) is 23.2 Å². The monoisotopic (exact) mass is 571 g/mol. The number of nitrogens with zero attached hydrogens (tertiary/aromatic N) is 2. The van der Waals surface area contributed by atoms with Crippen LogP contribution < -0.4 is 14.4 Å². The summed E-state index contributed by atoms with van der Waals surface area (Å²) in [6, 6.07) is 8.35. The van der Waals surface area contributed by atoms with Gasteiger partial charge in [0, 0.05) is 39.8 Å². The lowest BCUT2D eigenvalue weighted by Gasteiger charge is -2.32. The van der Waals surface area contributed by atoms with Gasteiger partial charge in [-0.15, -0.1) is 24.5 Å². The molecule has 40 heavy (non-hydrogen) atoms. The van der Waals surface area contributed by atoms with E-state index in [4.69, 9.17) is 4.74 Å². The maximum Gasteiger partial charge on any atom is 0.573 e. The Kier molecular flexibility index (Phi) is 7.84. The molecule has 0 aliphatic heterocycles. The molecule has 0 unspecified atom stereocenters. The van der Waals surface area contributed by atoms with Gasteiger partial charge >= 0.3 is 6.36 Å². The van der Waals surface area contributed by atoms with Gasteiger partial charge in [0.2, 0.25) is 5.91 Å². The standard InChI is InChI=1S/C29H28F3N3O4S/c1-17-21(16-24(36)35(28-33-13-14-40-28)19-8-4-3-5-9-19)25-22(34-17)11-12-23(38-2)26(25)27(37)18-7-6-10-20(15-18)39-29(30,31)32/h6-7,10-15,19,34H,3-5,8-9,16H2,1-2H3. The van der Waals surface area contributed by atoms with Crippen LogP contribution in [0, 0.1) is 6.92 Å². The molecule has 0 spiro atoms. The third-order valence-corrected chi connectivity index (χ3v) is 7.95. The number of ether oxygens (including phenoxy) is 2. The zero-order valence-corrected chi connectivity index (χ0v) is 22.8. The molecule has 1 fully saturated rings. The lowest BCUT2D eigenvalue weighted by atomic mass is 9.93. The number of methoxy groups -OCH3 is 1. The fraction of sp³-hybridized carbons (Fsp3) is 0.345. The first kappa shape index (κ1) is 27.7. The van der Waals surface area contributed by atoms with E-state index in [2.05, 4.69) is 14.7 Å². The zero-order chi connectivity index (χ0) is 28.4. The van der Waals surface area contributed by atoms with Gasteiger partial charge in [0.05, 0.1) is 19.1 Å². The summed E-state index contributed by atoms with van der Waals surface area (Å²) in [5, 5.41) is 2.98. The van der Waals surface area contributed by atoms with Crippen LogP contribution >= 0.6 is 11.3 Å². The molecule has 5 rings (SSSR count). The number of rotatable bonds is 8. The van der Waals surface area contributed by atoms with Crippen LogP contribution in [0.1, 0.15) is 59.3 Å². The molecule has 11 heteroatoms. The maximum atomic E-state index is 13.9. The van der Waals surface area contributed by atoms with E-state index in [1.165, 1.54) is 30.6 Å². The molecule has 0 bridgehead atoms. The topological polar surface area (TPSA) is 84.5 Å². The quantitative estimate of drug-likeness (QED) is 0.231. The van der Waals surface area contributed by atoms with Crippen LogP contribution in [0.25, 0.3) is 10.9 Å². The van der Waals surface area contributed by atoms with E-state index >= 15 is 0 Å². The van der Waals surface area contributed by atoms with E-state index < -0.39 is 17.9 Å². The molecule has 210 valence electrons. The van der Waals surface area contributed by atoms with Crippen molar-refractivity contribution in [2.24, 2.45) is 0 Å². The average molecular weight is 572 g/mol. The van der Waals surface area contributed by atoms with Crippen molar-refractivity contribution in [3.63, 3.8) is 0 Å². The zero-order valence-electron chi connectivity index (χ0n) is 22.0. The van der Waals surface area contributed by atoms with Crippen LogP contribution in [-0.4, -0.2) is 41.2 Å². The highest BCUT2D eigenvalue weighted by molar-refractivity contribution is 7.13. The number of aromatic nitrogens is 2. The van der Waals surface area contributed by atoms with Crippen LogP contribution in [0.2, 0.25) is 0 Å². The molecule has 0 radical (unpaired) electrons. The van der Waals surface area contributed by atoms with Gasteiger partial charge in [0.15, 0.2) is 10.9 Å². The van der Waals surface area contributed by atoms with Crippen molar-refractivity contribution >= 4 is 39.1 Å². The number of carbonyl (C=O) groups excluding carboxylic acids is 2. The van der Waals surface area contributed by atoms with Crippen LogP contribution in [0.4, 0.5) is 18.3 Å². The van der Waals surface area contributed by atoms with Crippen LogP contribution in [-0.2, 0) is 11.2 Å². The Hall–Kier alpha value is -3.86. The molecule has 1 saturated carbocycles. The van der Waals surface area contributed by atoms with Gasteiger partial charge in [-0.3, -0.25) is 14.5 Å². The number of aromatic amines is 1. The molecule has 1 aliphatic rings. The first-order chi connectivity index (χ1) is 19.2. The molecule has 0 saturated heterocycles. The largest absolute Gasteiger partial charge is 0.573 e. The van der Waals surface area contributed by atoms with Gasteiger partial charge in [0.25, 0.3) is 0 Å². The summed E-state index contributed by atoms with van der Waals surface area (Å²) < 4.78 is 48.1.